The number of para-hydroxylation sites is 1. The SMILES string of the molecule is Nc1ccccc1Cc1cccc(F)c1. The van der Waals surface area contributed by atoms with Gasteiger partial charge >= 0.3 is 0 Å². The summed E-state index contributed by atoms with van der Waals surface area (Å²) in [5, 5.41) is 0. The average Bonchev–Trinajstić information content (AvgIpc) is 2.22. The van der Waals surface area contributed by atoms with Crippen LogP contribution in [0, 0.1) is 5.82 Å². The minimum Gasteiger partial charge on any atom is -0.398 e. The Bertz CT molecular complexity index is 466. The summed E-state index contributed by atoms with van der Waals surface area (Å²) >= 11 is 0. The first-order chi connectivity index (χ1) is 7.25. The zero-order valence-electron chi connectivity index (χ0n) is 8.28. The molecule has 2 aromatic carbocycles. The summed E-state index contributed by atoms with van der Waals surface area (Å²) in [5.74, 6) is -0.206. The summed E-state index contributed by atoms with van der Waals surface area (Å²) in [6.07, 6.45) is 0.671. The van der Waals surface area contributed by atoms with Crippen molar-refractivity contribution >= 4 is 5.69 Å². The van der Waals surface area contributed by atoms with Gasteiger partial charge in [0.1, 0.15) is 5.82 Å². The van der Waals surface area contributed by atoms with Gasteiger partial charge in [-0.05, 0) is 35.7 Å². The van der Waals surface area contributed by atoms with E-state index in [-0.39, 0.29) is 5.82 Å². The molecule has 0 bridgehead atoms. The molecule has 0 unspecified atom stereocenters. The zero-order valence-corrected chi connectivity index (χ0v) is 8.28. The number of hydrogen-bond acceptors (Lipinski definition) is 1. The van der Waals surface area contributed by atoms with Crippen LogP contribution in [-0.4, -0.2) is 0 Å². The number of nitrogens with two attached hydrogens (primary N) is 1. The highest BCUT2D eigenvalue weighted by atomic mass is 19.1. The van der Waals surface area contributed by atoms with Crippen molar-refractivity contribution in [2.24, 2.45) is 0 Å². The number of nitrogen functional groups attached to an aromatic ring is 1. The van der Waals surface area contributed by atoms with Gasteiger partial charge in [0.15, 0.2) is 0 Å². The van der Waals surface area contributed by atoms with E-state index in [4.69, 9.17) is 5.73 Å². The van der Waals surface area contributed by atoms with Gasteiger partial charge in [0.05, 0.1) is 0 Å². The molecule has 15 heavy (non-hydrogen) atoms. The molecular formula is C13H12FN. The molecule has 2 heteroatoms. The van der Waals surface area contributed by atoms with E-state index in [9.17, 15) is 4.39 Å². The predicted molar refractivity (Wildman–Crippen MR) is 60.1 cm³/mol. The molecule has 0 aliphatic rings. The van der Waals surface area contributed by atoms with Crippen molar-refractivity contribution in [3.05, 3.63) is 65.5 Å². The van der Waals surface area contributed by atoms with E-state index in [1.165, 1.54) is 12.1 Å². The lowest BCUT2D eigenvalue weighted by Gasteiger charge is -2.05. The molecular weight excluding hydrogens is 189 g/mol. The van der Waals surface area contributed by atoms with E-state index in [0.717, 1.165) is 16.8 Å². The van der Waals surface area contributed by atoms with E-state index in [1.54, 1.807) is 6.07 Å². The summed E-state index contributed by atoms with van der Waals surface area (Å²) in [4.78, 5) is 0. The third kappa shape index (κ3) is 2.34. The van der Waals surface area contributed by atoms with E-state index >= 15 is 0 Å². The highest BCUT2D eigenvalue weighted by Gasteiger charge is 2.00. The fourth-order valence-electron chi connectivity index (χ4n) is 1.56. The molecule has 2 rings (SSSR count). The molecule has 0 fully saturated rings. The van der Waals surface area contributed by atoms with Crippen molar-refractivity contribution < 1.29 is 4.39 Å². The summed E-state index contributed by atoms with van der Waals surface area (Å²) < 4.78 is 12.9. The summed E-state index contributed by atoms with van der Waals surface area (Å²) in [6.45, 7) is 0. The third-order valence-corrected chi connectivity index (χ3v) is 2.34. The number of rotatable bonds is 2. The van der Waals surface area contributed by atoms with Crippen LogP contribution in [0.5, 0.6) is 0 Å². The fraction of sp³-hybridized carbons (Fsp3) is 0.0769. The molecule has 0 heterocycles. The van der Waals surface area contributed by atoms with Gasteiger partial charge in [-0.3, -0.25) is 0 Å². The Kier molecular flexibility index (Phi) is 2.68. The van der Waals surface area contributed by atoms with Crippen LogP contribution in [0.4, 0.5) is 10.1 Å². The normalized spacial score (nSPS) is 10.2. The lowest BCUT2D eigenvalue weighted by atomic mass is 10.0. The lowest BCUT2D eigenvalue weighted by Crippen LogP contribution is -1.95. The summed E-state index contributed by atoms with van der Waals surface area (Å²) in [5.41, 5.74) is 8.53. The number of hydrogen-bond donors (Lipinski definition) is 1. The molecule has 0 atom stereocenters. The van der Waals surface area contributed by atoms with E-state index < -0.39 is 0 Å². The second-order valence-electron chi connectivity index (χ2n) is 3.51. The highest BCUT2D eigenvalue weighted by molar-refractivity contribution is 5.48. The maximum Gasteiger partial charge on any atom is 0.123 e. The van der Waals surface area contributed by atoms with Gasteiger partial charge in [0.2, 0.25) is 0 Å². The predicted octanol–water partition coefficient (Wildman–Crippen LogP) is 3.00. The van der Waals surface area contributed by atoms with Crippen molar-refractivity contribution in [3.8, 4) is 0 Å². The van der Waals surface area contributed by atoms with E-state index in [0.29, 0.717) is 6.42 Å². The van der Waals surface area contributed by atoms with Crippen molar-refractivity contribution in [2.75, 3.05) is 5.73 Å². The van der Waals surface area contributed by atoms with Crippen LogP contribution in [0.25, 0.3) is 0 Å². The van der Waals surface area contributed by atoms with Gasteiger partial charge < -0.3 is 5.73 Å². The maximum absolute atomic E-state index is 12.9. The Morgan fingerprint density at radius 2 is 1.80 bits per heavy atom. The standard InChI is InChI=1S/C13H12FN/c14-12-6-3-4-10(9-12)8-11-5-1-2-7-13(11)15/h1-7,9H,8,15H2. The Hall–Kier alpha value is -1.83. The van der Waals surface area contributed by atoms with Gasteiger partial charge in [0.25, 0.3) is 0 Å². The molecule has 0 spiro atoms. The largest absolute Gasteiger partial charge is 0.398 e. The second-order valence-corrected chi connectivity index (χ2v) is 3.51. The van der Waals surface area contributed by atoms with Gasteiger partial charge in [-0.25, -0.2) is 4.39 Å². The van der Waals surface area contributed by atoms with Crippen molar-refractivity contribution in [3.63, 3.8) is 0 Å². The van der Waals surface area contributed by atoms with Gasteiger partial charge in [0, 0.05) is 5.69 Å². The molecule has 1 nitrogen and oxygen atoms in total. The molecule has 0 radical (unpaired) electrons. The summed E-state index contributed by atoms with van der Waals surface area (Å²) in [6, 6.07) is 14.2. The van der Waals surface area contributed by atoms with Crippen LogP contribution < -0.4 is 5.73 Å². The Morgan fingerprint density at radius 1 is 1.00 bits per heavy atom. The van der Waals surface area contributed by atoms with E-state index in [2.05, 4.69) is 0 Å². The lowest BCUT2D eigenvalue weighted by molar-refractivity contribution is 0.626. The third-order valence-electron chi connectivity index (χ3n) is 2.34. The first-order valence-corrected chi connectivity index (χ1v) is 4.83. The number of anilines is 1. The monoisotopic (exact) mass is 201 g/mol. The minimum atomic E-state index is -0.206. The molecule has 76 valence electrons. The topological polar surface area (TPSA) is 26.0 Å². The fourth-order valence-corrected chi connectivity index (χ4v) is 1.56. The first kappa shape index (κ1) is 9.71. The van der Waals surface area contributed by atoms with Gasteiger partial charge in [-0.2, -0.15) is 0 Å². The first-order valence-electron chi connectivity index (χ1n) is 4.83. The maximum atomic E-state index is 12.9. The highest BCUT2D eigenvalue weighted by Crippen LogP contribution is 2.16. The Morgan fingerprint density at radius 3 is 2.53 bits per heavy atom. The summed E-state index contributed by atoms with van der Waals surface area (Å²) in [7, 11) is 0. The van der Waals surface area contributed by atoms with Crippen LogP contribution in [0.3, 0.4) is 0 Å². The molecule has 0 aliphatic heterocycles. The van der Waals surface area contributed by atoms with Gasteiger partial charge in [-0.1, -0.05) is 30.3 Å². The molecule has 0 aromatic heterocycles. The van der Waals surface area contributed by atoms with Crippen molar-refractivity contribution in [1.82, 2.24) is 0 Å². The van der Waals surface area contributed by atoms with Crippen LogP contribution >= 0.6 is 0 Å². The molecule has 0 aliphatic carbocycles. The Balaban J connectivity index is 2.26. The molecule has 2 N–H and O–H groups in total. The molecule has 0 saturated heterocycles. The average molecular weight is 201 g/mol. The van der Waals surface area contributed by atoms with E-state index in [1.807, 2.05) is 30.3 Å². The second kappa shape index (κ2) is 4.13. The van der Waals surface area contributed by atoms with Crippen LogP contribution in [-0.2, 0) is 6.42 Å². The van der Waals surface area contributed by atoms with Crippen LogP contribution in [0.1, 0.15) is 11.1 Å². The molecule has 0 saturated carbocycles. The van der Waals surface area contributed by atoms with Crippen LogP contribution in [0.15, 0.2) is 48.5 Å². The van der Waals surface area contributed by atoms with Crippen LogP contribution in [0.2, 0.25) is 0 Å². The Labute approximate surface area is 88.4 Å². The van der Waals surface area contributed by atoms with Crippen molar-refractivity contribution in [2.45, 2.75) is 6.42 Å². The van der Waals surface area contributed by atoms with Gasteiger partial charge in [-0.15, -0.1) is 0 Å². The number of benzene rings is 2. The molecule has 0 amide bonds. The smallest absolute Gasteiger partial charge is 0.123 e. The number of halogens is 1. The minimum absolute atomic E-state index is 0.206. The van der Waals surface area contributed by atoms with Crippen molar-refractivity contribution in [1.29, 1.82) is 0 Å². The zero-order chi connectivity index (χ0) is 10.7. The molecule has 2 aromatic rings. The quantitative estimate of drug-likeness (QED) is 0.742.